The number of carbonyl (C=O) groups excluding carboxylic acids is 1. The second-order valence-corrected chi connectivity index (χ2v) is 6.21. The largest absolute Gasteiger partial charge is 0.493 e. The van der Waals surface area contributed by atoms with Crippen molar-refractivity contribution in [1.82, 2.24) is 14.5 Å². The van der Waals surface area contributed by atoms with Crippen molar-refractivity contribution >= 4 is 12.0 Å². The molecular weight excluding hydrogens is 376 g/mol. The predicted octanol–water partition coefficient (Wildman–Crippen LogP) is 0.367. The Bertz CT molecular complexity index is 1110. The number of ether oxygens (including phenoxy) is 2. The van der Waals surface area contributed by atoms with Crippen LogP contribution in [-0.4, -0.2) is 35.8 Å². The lowest BCUT2D eigenvalue weighted by Crippen LogP contribution is -2.37. The van der Waals surface area contributed by atoms with E-state index in [1.54, 1.807) is 25.3 Å². The van der Waals surface area contributed by atoms with Crippen LogP contribution >= 0.6 is 0 Å². The van der Waals surface area contributed by atoms with Crippen LogP contribution in [0.15, 0.2) is 39.6 Å². The zero-order chi connectivity index (χ0) is 21.6. The van der Waals surface area contributed by atoms with Crippen molar-refractivity contribution in [3.63, 3.8) is 0 Å². The molecule has 2 aromatic rings. The van der Waals surface area contributed by atoms with E-state index >= 15 is 0 Å². The van der Waals surface area contributed by atoms with Gasteiger partial charge in [-0.25, -0.2) is 4.79 Å². The van der Waals surface area contributed by atoms with Crippen LogP contribution in [0, 0.1) is 11.3 Å². The second-order valence-electron chi connectivity index (χ2n) is 6.21. The van der Waals surface area contributed by atoms with Gasteiger partial charge < -0.3 is 19.4 Å². The van der Waals surface area contributed by atoms with Crippen molar-refractivity contribution in [1.29, 1.82) is 5.26 Å². The van der Waals surface area contributed by atoms with Gasteiger partial charge in [-0.15, -0.1) is 0 Å². The smallest absolute Gasteiger partial charge is 0.330 e. The van der Waals surface area contributed by atoms with Gasteiger partial charge in [-0.1, -0.05) is 6.07 Å². The summed E-state index contributed by atoms with van der Waals surface area (Å²) in [6, 6.07) is 7.22. The highest BCUT2D eigenvalue weighted by molar-refractivity contribution is 6.01. The molecule has 0 saturated carbocycles. The number of hydrogen-bond acceptors (Lipinski definition) is 6. The molecule has 9 heteroatoms. The molecule has 0 spiro atoms. The quantitative estimate of drug-likeness (QED) is 0.532. The molecule has 0 aliphatic rings. The number of aromatic nitrogens is 2. The standard InChI is InChI=1S/C20H22N4O5/c1-23-12-15(19(26)24(2)20(23)27)10-14(11-21)18(25)22-8-7-13-5-6-16(28-3)17(9-13)29-4/h5-6,9-10,12H,7-8H2,1-4H3,(H,22,25)/b14-10+. The van der Waals surface area contributed by atoms with Crippen LogP contribution < -0.4 is 26.0 Å². The fourth-order valence-corrected chi connectivity index (χ4v) is 2.69. The first kappa shape index (κ1) is 21.5. The van der Waals surface area contributed by atoms with Crippen LogP contribution in [0.4, 0.5) is 0 Å². The number of methoxy groups -OCH3 is 2. The highest BCUT2D eigenvalue weighted by Crippen LogP contribution is 2.27. The van der Waals surface area contributed by atoms with Crippen LogP contribution in [0.2, 0.25) is 0 Å². The number of hydrogen-bond donors (Lipinski definition) is 1. The van der Waals surface area contributed by atoms with E-state index in [9.17, 15) is 19.6 Å². The molecule has 2 rings (SSSR count). The van der Waals surface area contributed by atoms with E-state index < -0.39 is 17.2 Å². The second kappa shape index (κ2) is 9.41. The zero-order valence-corrected chi connectivity index (χ0v) is 16.7. The molecule has 152 valence electrons. The molecule has 0 unspecified atom stereocenters. The number of benzene rings is 1. The maximum atomic E-state index is 12.3. The first-order valence-electron chi connectivity index (χ1n) is 8.70. The van der Waals surface area contributed by atoms with E-state index in [0.717, 1.165) is 10.1 Å². The minimum Gasteiger partial charge on any atom is -0.493 e. The van der Waals surface area contributed by atoms with E-state index in [-0.39, 0.29) is 17.7 Å². The molecule has 9 nitrogen and oxygen atoms in total. The minimum absolute atomic E-state index is 0.0705. The number of aryl methyl sites for hydroxylation is 1. The van der Waals surface area contributed by atoms with Gasteiger partial charge in [-0.05, 0) is 30.2 Å². The molecule has 1 aromatic heterocycles. The molecule has 0 aliphatic heterocycles. The lowest BCUT2D eigenvalue weighted by Gasteiger charge is -2.10. The molecule has 1 amide bonds. The monoisotopic (exact) mass is 398 g/mol. The molecule has 0 fully saturated rings. The fourth-order valence-electron chi connectivity index (χ4n) is 2.69. The van der Waals surface area contributed by atoms with Gasteiger partial charge in [0.2, 0.25) is 0 Å². The highest BCUT2D eigenvalue weighted by Gasteiger charge is 2.12. The molecule has 0 saturated heterocycles. The molecule has 1 aromatic carbocycles. The van der Waals surface area contributed by atoms with Gasteiger partial charge in [0.1, 0.15) is 11.6 Å². The average Bonchev–Trinajstić information content (AvgIpc) is 2.73. The number of rotatable bonds is 7. The Morgan fingerprint density at radius 1 is 1.21 bits per heavy atom. The summed E-state index contributed by atoms with van der Waals surface area (Å²) in [4.78, 5) is 36.2. The number of nitrogens with one attached hydrogen (secondary N) is 1. The van der Waals surface area contributed by atoms with E-state index in [1.165, 1.54) is 38.0 Å². The zero-order valence-electron chi connectivity index (χ0n) is 16.7. The molecular formula is C20H22N4O5. The van der Waals surface area contributed by atoms with Gasteiger partial charge in [0.15, 0.2) is 11.5 Å². The molecule has 29 heavy (non-hydrogen) atoms. The summed E-state index contributed by atoms with van der Waals surface area (Å²) in [6.45, 7) is 0.276. The number of nitriles is 1. The average molecular weight is 398 g/mol. The van der Waals surface area contributed by atoms with E-state index in [4.69, 9.17) is 9.47 Å². The van der Waals surface area contributed by atoms with Crippen LogP contribution in [-0.2, 0) is 25.3 Å². The Morgan fingerprint density at radius 2 is 1.90 bits per heavy atom. The lowest BCUT2D eigenvalue weighted by atomic mass is 10.1. The minimum atomic E-state index is -0.608. The summed E-state index contributed by atoms with van der Waals surface area (Å²) in [5.41, 5.74) is -0.323. The van der Waals surface area contributed by atoms with Crippen molar-refractivity contribution in [3.05, 3.63) is 61.9 Å². The maximum absolute atomic E-state index is 12.3. The van der Waals surface area contributed by atoms with Gasteiger partial charge in [0, 0.05) is 26.8 Å². The number of carbonyl (C=O) groups is 1. The summed E-state index contributed by atoms with van der Waals surface area (Å²) >= 11 is 0. The predicted molar refractivity (Wildman–Crippen MR) is 107 cm³/mol. The van der Waals surface area contributed by atoms with Gasteiger partial charge in [-0.3, -0.25) is 14.2 Å². The SMILES string of the molecule is COc1ccc(CCNC(=O)/C(C#N)=C/c2cn(C)c(=O)n(C)c2=O)cc1OC. The lowest BCUT2D eigenvalue weighted by molar-refractivity contribution is -0.117. The van der Waals surface area contributed by atoms with Crippen molar-refractivity contribution in [2.75, 3.05) is 20.8 Å². The van der Waals surface area contributed by atoms with E-state index in [2.05, 4.69) is 5.32 Å². The summed E-state index contributed by atoms with van der Waals surface area (Å²) in [7, 11) is 5.90. The molecule has 1 N–H and O–H groups in total. The van der Waals surface area contributed by atoms with Crippen molar-refractivity contribution in [2.45, 2.75) is 6.42 Å². The van der Waals surface area contributed by atoms with Crippen molar-refractivity contribution < 1.29 is 14.3 Å². The third-order valence-electron chi connectivity index (χ3n) is 4.29. The van der Waals surface area contributed by atoms with Gasteiger partial charge in [0.05, 0.1) is 19.8 Å². The molecule has 0 aliphatic carbocycles. The first-order chi connectivity index (χ1) is 13.8. The Kier molecular flexibility index (Phi) is 6.98. The summed E-state index contributed by atoms with van der Waals surface area (Å²) in [6.07, 6.45) is 2.97. The maximum Gasteiger partial charge on any atom is 0.330 e. The molecule has 0 atom stereocenters. The van der Waals surface area contributed by atoms with Crippen LogP contribution in [0.5, 0.6) is 11.5 Å². The van der Waals surface area contributed by atoms with Gasteiger partial charge in [-0.2, -0.15) is 5.26 Å². The summed E-state index contributed by atoms with van der Waals surface area (Å²) in [5.74, 6) is 0.581. The Hall–Kier alpha value is -3.80. The van der Waals surface area contributed by atoms with Gasteiger partial charge >= 0.3 is 5.69 Å². The number of amides is 1. The molecule has 0 bridgehead atoms. The third kappa shape index (κ3) is 4.93. The normalized spacial score (nSPS) is 10.9. The third-order valence-corrected chi connectivity index (χ3v) is 4.29. The van der Waals surface area contributed by atoms with Gasteiger partial charge in [0.25, 0.3) is 11.5 Å². The Labute approximate surface area is 167 Å². The number of nitrogens with zero attached hydrogens (tertiary/aromatic N) is 3. The Balaban J connectivity index is 2.12. The Morgan fingerprint density at radius 3 is 2.52 bits per heavy atom. The van der Waals surface area contributed by atoms with Crippen molar-refractivity contribution in [2.24, 2.45) is 14.1 Å². The van der Waals surface area contributed by atoms with E-state index in [1.807, 2.05) is 6.07 Å². The summed E-state index contributed by atoms with van der Waals surface area (Å²) in [5, 5.41) is 11.9. The van der Waals surface area contributed by atoms with Crippen LogP contribution in [0.1, 0.15) is 11.1 Å². The van der Waals surface area contributed by atoms with Crippen LogP contribution in [0.25, 0.3) is 6.08 Å². The molecule has 1 heterocycles. The van der Waals surface area contributed by atoms with Crippen LogP contribution in [0.3, 0.4) is 0 Å². The van der Waals surface area contributed by atoms with E-state index in [0.29, 0.717) is 17.9 Å². The summed E-state index contributed by atoms with van der Waals surface area (Å²) < 4.78 is 12.5. The first-order valence-corrected chi connectivity index (χ1v) is 8.70. The van der Waals surface area contributed by atoms with Crippen molar-refractivity contribution in [3.8, 4) is 17.6 Å². The topological polar surface area (TPSA) is 115 Å². The highest BCUT2D eigenvalue weighted by atomic mass is 16.5. The molecule has 0 radical (unpaired) electrons. The fraction of sp³-hybridized carbons (Fsp3) is 0.300.